The van der Waals surface area contributed by atoms with Crippen molar-refractivity contribution in [1.29, 1.82) is 0 Å². The van der Waals surface area contributed by atoms with E-state index in [-0.39, 0.29) is 6.09 Å². The van der Waals surface area contributed by atoms with Gasteiger partial charge in [-0.15, -0.1) is 0 Å². The Morgan fingerprint density at radius 3 is 2.75 bits per heavy atom. The minimum absolute atomic E-state index is 0.336. The lowest BCUT2D eigenvalue weighted by Gasteiger charge is -2.36. The molecule has 1 aliphatic heterocycles. The smallest absolute Gasteiger partial charge is 0.407 e. The van der Waals surface area contributed by atoms with Crippen LogP contribution in [0.2, 0.25) is 0 Å². The standard InChI is InChI=1S/C19H28N2O3/c1-23-10-8-20-19(22)24-14-15-5-4-9-21(13-15)18-11-16-6-2-3-7-17(16)12-18/h2-3,6-7,15,18H,4-5,8-14H2,1H3,(H,20,22). The number of hydrogen-bond acceptors (Lipinski definition) is 4. The van der Waals surface area contributed by atoms with Crippen molar-refractivity contribution >= 4 is 6.09 Å². The molecule has 24 heavy (non-hydrogen) atoms. The molecule has 1 unspecified atom stereocenters. The molecule has 2 aliphatic rings. The molecule has 1 aliphatic carbocycles. The predicted molar refractivity (Wildman–Crippen MR) is 93.2 cm³/mol. The molecule has 132 valence electrons. The SMILES string of the molecule is COCCNC(=O)OCC1CCCN(C2Cc3ccccc3C2)C1. The number of fused-ring (bicyclic) bond motifs is 1. The van der Waals surface area contributed by atoms with Gasteiger partial charge in [-0.1, -0.05) is 24.3 Å². The molecule has 1 heterocycles. The first-order valence-corrected chi connectivity index (χ1v) is 8.96. The number of ether oxygens (including phenoxy) is 2. The number of benzene rings is 1. The summed E-state index contributed by atoms with van der Waals surface area (Å²) in [6.07, 6.45) is 4.30. The maximum absolute atomic E-state index is 11.6. The molecule has 0 aromatic heterocycles. The number of likely N-dealkylation sites (tertiary alicyclic amines) is 1. The lowest BCUT2D eigenvalue weighted by atomic mass is 9.97. The number of hydrogen-bond donors (Lipinski definition) is 1. The highest BCUT2D eigenvalue weighted by Gasteiger charge is 2.30. The van der Waals surface area contributed by atoms with Gasteiger partial charge in [-0.05, 0) is 43.4 Å². The average Bonchev–Trinajstić information content (AvgIpc) is 3.05. The topological polar surface area (TPSA) is 50.8 Å². The Balaban J connectivity index is 1.43. The van der Waals surface area contributed by atoms with E-state index in [0.29, 0.717) is 31.7 Å². The maximum Gasteiger partial charge on any atom is 0.407 e. The van der Waals surface area contributed by atoms with Crippen LogP contribution in [-0.4, -0.2) is 57.0 Å². The van der Waals surface area contributed by atoms with Crippen molar-refractivity contribution in [3.05, 3.63) is 35.4 Å². The van der Waals surface area contributed by atoms with Crippen LogP contribution in [0.3, 0.4) is 0 Å². The van der Waals surface area contributed by atoms with Gasteiger partial charge in [0.2, 0.25) is 0 Å². The summed E-state index contributed by atoms with van der Waals surface area (Å²) in [5.41, 5.74) is 3.00. The molecular formula is C19H28N2O3. The third kappa shape index (κ3) is 4.48. The van der Waals surface area contributed by atoms with E-state index in [1.54, 1.807) is 7.11 Å². The van der Waals surface area contributed by atoms with Crippen LogP contribution in [0, 0.1) is 5.92 Å². The molecule has 5 heteroatoms. The Morgan fingerprint density at radius 1 is 1.29 bits per heavy atom. The zero-order valence-electron chi connectivity index (χ0n) is 14.5. The van der Waals surface area contributed by atoms with Crippen LogP contribution in [-0.2, 0) is 22.3 Å². The van der Waals surface area contributed by atoms with Crippen LogP contribution in [0.15, 0.2) is 24.3 Å². The fourth-order valence-corrected chi connectivity index (χ4v) is 3.86. The summed E-state index contributed by atoms with van der Waals surface area (Å²) in [5, 5.41) is 2.70. The minimum Gasteiger partial charge on any atom is -0.449 e. The number of carbonyl (C=O) groups excluding carboxylic acids is 1. The fraction of sp³-hybridized carbons (Fsp3) is 0.632. The van der Waals surface area contributed by atoms with Crippen molar-refractivity contribution in [3.8, 4) is 0 Å². The number of methoxy groups -OCH3 is 1. The van der Waals surface area contributed by atoms with Gasteiger partial charge < -0.3 is 14.8 Å². The van der Waals surface area contributed by atoms with Gasteiger partial charge in [-0.25, -0.2) is 4.79 Å². The van der Waals surface area contributed by atoms with Crippen molar-refractivity contribution in [2.24, 2.45) is 5.92 Å². The first-order chi connectivity index (χ1) is 11.8. The van der Waals surface area contributed by atoms with Gasteiger partial charge in [0.15, 0.2) is 0 Å². The number of amides is 1. The fourth-order valence-electron chi connectivity index (χ4n) is 3.86. The molecule has 5 nitrogen and oxygen atoms in total. The number of carbonyl (C=O) groups is 1. The Morgan fingerprint density at radius 2 is 2.04 bits per heavy atom. The highest BCUT2D eigenvalue weighted by molar-refractivity contribution is 5.67. The van der Waals surface area contributed by atoms with Crippen molar-refractivity contribution in [2.75, 3.05) is 40.0 Å². The van der Waals surface area contributed by atoms with Crippen molar-refractivity contribution < 1.29 is 14.3 Å². The second kappa shape index (κ2) is 8.49. The van der Waals surface area contributed by atoms with Gasteiger partial charge in [-0.2, -0.15) is 0 Å². The van der Waals surface area contributed by atoms with Gasteiger partial charge in [0.1, 0.15) is 0 Å². The molecule has 1 amide bonds. The monoisotopic (exact) mass is 332 g/mol. The summed E-state index contributed by atoms with van der Waals surface area (Å²) in [7, 11) is 1.62. The third-order valence-corrected chi connectivity index (χ3v) is 5.12. The van der Waals surface area contributed by atoms with E-state index < -0.39 is 0 Å². The summed E-state index contributed by atoms with van der Waals surface area (Å²) in [5.74, 6) is 0.440. The average molecular weight is 332 g/mol. The number of nitrogens with zero attached hydrogens (tertiary/aromatic N) is 1. The van der Waals surface area contributed by atoms with Gasteiger partial charge in [0.25, 0.3) is 0 Å². The third-order valence-electron chi connectivity index (χ3n) is 5.12. The molecule has 3 rings (SSSR count). The van der Waals surface area contributed by atoms with Gasteiger partial charge in [-0.3, -0.25) is 4.90 Å². The van der Waals surface area contributed by atoms with Gasteiger partial charge in [0, 0.05) is 32.2 Å². The first kappa shape index (κ1) is 17.2. The zero-order chi connectivity index (χ0) is 16.8. The Hall–Kier alpha value is -1.59. The highest BCUT2D eigenvalue weighted by Crippen LogP contribution is 2.28. The molecule has 1 N–H and O–H groups in total. The minimum atomic E-state index is -0.336. The maximum atomic E-state index is 11.6. The summed E-state index contributed by atoms with van der Waals surface area (Å²) < 4.78 is 10.3. The second-order valence-corrected chi connectivity index (χ2v) is 6.85. The Kier molecular flexibility index (Phi) is 6.10. The molecule has 1 aromatic carbocycles. The highest BCUT2D eigenvalue weighted by atomic mass is 16.5. The molecule has 0 radical (unpaired) electrons. The molecule has 0 bridgehead atoms. The molecule has 1 saturated heterocycles. The van der Waals surface area contributed by atoms with Gasteiger partial charge >= 0.3 is 6.09 Å². The van der Waals surface area contributed by atoms with E-state index in [0.717, 1.165) is 32.4 Å². The van der Waals surface area contributed by atoms with Crippen molar-refractivity contribution in [3.63, 3.8) is 0 Å². The van der Waals surface area contributed by atoms with E-state index in [1.807, 2.05) is 0 Å². The van der Waals surface area contributed by atoms with E-state index in [2.05, 4.69) is 34.5 Å². The zero-order valence-corrected chi connectivity index (χ0v) is 14.5. The van der Waals surface area contributed by atoms with Crippen molar-refractivity contribution in [1.82, 2.24) is 10.2 Å². The van der Waals surface area contributed by atoms with Crippen LogP contribution in [0.5, 0.6) is 0 Å². The largest absolute Gasteiger partial charge is 0.449 e. The molecule has 0 saturated carbocycles. The van der Waals surface area contributed by atoms with E-state index in [1.165, 1.54) is 17.5 Å². The molecule has 1 aromatic rings. The van der Waals surface area contributed by atoms with Crippen LogP contribution in [0.1, 0.15) is 24.0 Å². The molecule has 0 spiro atoms. The lowest BCUT2D eigenvalue weighted by Crippen LogP contribution is -2.44. The number of rotatable bonds is 6. The number of nitrogens with one attached hydrogen (secondary N) is 1. The normalized spacial score (nSPS) is 21.5. The van der Waals surface area contributed by atoms with Crippen molar-refractivity contribution in [2.45, 2.75) is 31.7 Å². The second-order valence-electron chi connectivity index (χ2n) is 6.85. The van der Waals surface area contributed by atoms with E-state index in [9.17, 15) is 4.79 Å². The first-order valence-electron chi connectivity index (χ1n) is 8.96. The summed E-state index contributed by atoms with van der Waals surface area (Å²) >= 11 is 0. The van der Waals surface area contributed by atoms with Crippen LogP contribution >= 0.6 is 0 Å². The number of alkyl carbamates (subject to hydrolysis) is 1. The molecular weight excluding hydrogens is 304 g/mol. The Bertz CT molecular complexity index is 524. The number of piperidine rings is 1. The van der Waals surface area contributed by atoms with Gasteiger partial charge in [0.05, 0.1) is 13.2 Å². The summed E-state index contributed by atoms with van der Waals surface area (Å²) in [4.78, 5) is 14.2. The predicted octanol–water partition coefficient (Wildman–Crippen LogP) is 2.24. The Labute approximate surface area is 144 Å². The van der Waals surface area contributed by atoms with Crippen LogP contribution in [0.25, 0.3) is 0 Å². The van der Waals surface area contributed by atoms with E-state index in [4.69, 9.17) is 9.47 Å². The summed E-state index contributed by atoms with van der Waals surface area (Å²) in [6, 6.07) is 9.39. The van der Waals surface area contributed by atoms with Crippen LogP contribution in [0.4, 0.5) is 4.79 Å². The van der Waals surface area contributed by atoms with Crippen LogP contribution < -0.4 is 5.32 Å². The molecule has 1 fully saturated rings. The lowest BCUT2D eigenvalue weighted by molar-refractivity contribution is 0.0717. The quantitative estimate of drug-likeness (QED) is 0.812. The summed E-state index contributed by atoms with van der Waals surface area (Å²) in [6.45, 7) is 3.70. The molecule has 1 atom stereocenters. The van der Waals surface area contributed by atoms with E-state index >= 15 is 0 Å².